The van der Waals surface area contributed by atoms with Crippen LogP contribution in [0, 0.1) is 0 Å². The number of ether oxygens (including phenoxy) is 1. The van der Waals surface area contributed by atoms with Crippen molar-refractivity contribution in [3.05, 3.63) is 29.8 Å². The van der Waals surface area contributed by atoms with E-state index in [1.165, 1.54) is 0 Å². The molecule has 1 fully saturated rings. The second-order valence-corrected chi connectivity index (χ2v) is 5.21. The van der Waals surface area contributed by atoms with Crippen LogP contribution in [0.25, 0.3) is 0 Å². The molecule has 2 rings (SSSR count). The Morgan fingerprint density at radius 3 is 2.65 bits per heavy atom. The van der Waals surface area contributed by atoms with Crippen LogP contribution in [0.5, 0.6) is 0 Å². The molecule has 1 saturated carbocycles. The van der Waals surface area contributed by atoms with E-state index >= 15 is 0 Å². The van der Waals surface area contributed by atoms with E-state index in [2.05, 4.69) is 10.6 Å². The van der Waals surface area contributed by atoms with Crippen molar-refractivity contribution in [1.82, 2.24) is 5.32 Å². The zero-order chi connectivity index (χ0) is 14.5. The molecule has 1 aliphatic carbocycles. The normalized spacial score (nSPS) is 23.4. The molecule has 3 atom stereocenters. The SMILES string of the molecule is COC1CCCC1NC(=O)Nc1ccc(C(C)O)cc1. The van der Waals surface area contributed by atoms with Gasteiger partial charge in [-0.2, -0.15) is 0 Å². The van der Waals surface area contributed by atoms with E-state index in [-0.39, 0.29) is 18.2 Å². The number of aliphatic hydroxyl groups is 1. The van der Waals surface area contributed by atoms with Crippen LogP contribution in [-0.4, -0.2) is 30.4 Å². The maximum atomic E-state index is 11.9. The van der Waals surface area contributed by atoms with Gasteiger partial charge in [-0.3, -0.25) is 0 Å². The summed E-state index contributed by atoms with van der Waals surface area (Å²) in [4.78, 5) is 11.9. The summed E-state index contributed by atoms with van der Waals surface area (Å²) in [5.41, 5.74) is 1.53. The number of carbonyl (C=O) groups is 1. The topological polar surface area (TPSA) is 70.6 Å². The number of rotatable bonds is 4. The van der Waals surface area contributed by atoms with Crippen molar-refractivity contribution in [3.63, 3.8) is 0 Å². The highest BCUT2D eigenvalue weighted by Gasteiger charge is 2.28. The predicted molar refractivity (Wildman–Crippen MR) is 77.7 cm³/mol. The number of urea groups is 1. The molecule has 0 heterocycles. The summed E-state index contributed by atoms with van der Waals surface area (Å²) in [6.07, 6.45) is 2.63. The number of hydrogen-bond acceptors (Lipinski definition) is 3. The van der Waals surface area contributed by atoms with Gasteiger partial charge < -0.3 is 20.5 Å². The van der Waals surface area contributed by atoms with E-state index in [9.17, 15) is 9.90 Å². The average molecular weight is 278 g/mol. The molecular formula is C15H22N2O3. The Morgan fingerprint density at radius 1 is 1.35 bits per heavy atom. The number of methoxy groups -OCH3 is 1. The molecule has 5 nitrogen and oxygen atoms in total. The lowest BCUT2D eigenvalue weighted by molar-refractivity contribution is 0.0882. The quantitative estimate of drug-likeness (QED) is 0.792. The molecule has 3 unspecified atom stereocenters. The van der Waals surface area contributed by atoms with Crippen LogP contribution in [-0.2, 0) is 4.74 Å². The molecule has 0 saturated heterocycles. The average Bonchev–Trinajstić information content (AvgIpc) is 2.86. The van der Waals surface area contributed by atoms with E-state index in [0.717, 1.165) is 24.8 Å². The number of hydrogen-bond donors (Lipinski definition) is 3. The highest BCUT2D eigenvalue weighted by Crippen LogP contribution is 2.21. The van der Waals surface area contributed by atoms with E-state index in [4.69, 9.17) is 4.74 Å². The molecule has 0 aliphatic heterocycles. The molecule has 20 heavy (non-hydrogen) atoms. The number of amides is 2. The van der Waals surface area contributed by atoms with Gasteiger partial charge in [-0.25, -0.2) is 4.79 Å². The van der Waals surface area contributed by atoms with Gasteiger partial charge >= 0.3 is 6.03 Å². The van der Waals surface area contributed by atoms with E-state index in [1.807, 2.05) is 0 Å². The molecule has 5 heteroatoms. The molecule has 1 aromatic carbocycles. The highest BCUT2D eigenvalue weighted by atomic mass is 16.5. The smallest absolute Gasteiger partial charge is 0.319 e. The fourth-order valence-corrected chi connectivity index (χ4v) is 2.55. The van der Waals surface area contributed by atoms with Crippen molar-refractivity contribution < 1.29 is 14.6 Å². The number of carbonyl (C=O) groups excluding carboxylic acids is 1. The first kappa shape index (κ1) is 14.8. The standard InChI is InChI=1S/C15H22N2O3/c1-10(18)11-6-8-12(9-7-11)16-15(19)17-13-4-3-5-14(13)20-2/h6-10,13-14,18H,3-5H2,1-2H3,(H2,16,17,19). The molecule has 0 spiro atoms. The minimum atomic E-state index is -0.501. The first-order chi connectivity index (χ1) is 9.60. The Labute approximate surface area is 119 Å². The molecule has 1 aliphatic rings. The predicted octanol–water partition coefficient (Wildman–Crippen LogP) is 2.43. The van der Waals surface area contributed by atoms with Crippen LogP contribution in [0.2, 0.25) is 0 Å². The third-order valence-electron chi connectivity index (χ3n) is 3.72. The first-order valence-electron chi connectivity index (χ1n) is 6.98. The zero-order valence-corrected chi connectivity index (χ0v) is 11.9. The van der Waals surface area contributed by atoms with Gasteiger partial charge in [0.25, 0.3) is 0 Å². The van der Waals surface area contributed by atoms with Gasteiger partial charge in [-0.15, -0.1) is 0 Å². The lowest BCUT2D eigenvalue weighted by Gasteiger charge is -2.20. The Bertz CT molecular complexity index is 445. The van der Waals surface area contributed by atoms with Gasteiger partial charge in [0.05, 0.1) is 18.2 Å². The highest BCUT2D eigenvalue weighted by molar-refractivity contribution is 5.89. The third-order valence-corrected chi connectivity index (χ3v) is 3.72. The van der Waals surface area contributed by atoms with Crippen LogP contribution >= 0.6 is 0 Å². The lowest BCUT2D eigenvalue weighted by Crippen LogP contribution is -2.42. The van der Waals surface area contributed by atoms with Gasteiger partial charge in [0.15, 0.2) is 0 Å². The summed E-state index contributed by atoms with van der Waals surface area (Å²) in [5.74, 6) is 0. The van der Waals surface area contributed by atoms with E-state index < -0.39 is 6.10 Å². The molecule has 110 valence electrons. The number of benzene rings is 1. The number of aliphatic hydroxyl groups excluding tert-OH is 1. The van der Waals surface area contributed by atoms with Crippen molar-refractivity contribution in [3.8, 4) is 0 Å². The largest absolute Gasteiger partial charge is 0.389 e. The minimum absolute atomic E-state index is 0.0803. The Morgan fingerprint density at radius 2 is 2.05 bits per heavy atom. The van der Waals surface area contributed by atoms with E-state index in [1.54, 1.807) is 38.3 Å². The summed E-state index contributed by atoms with van der Waals surface area (Å²) in [5, 5.41) is 15.2. The van der Waals surface area contributed by atoms with Crippen molar-refractivity contribution in [1.29, 1.82) is 0 Å². The maximum Gasteiger partial charge on any atom is 0.319 e. The monoisotopic (exact) mass is 278 g/mol. The Balaban J connectivity index is 1.88. The maximum absolute atomic E-state index is 11.9. The second kappa shape index (κ2) is 6.72. The minimum Gasteiger partial charge on any atom is -0.389 e. The third kappa shape index (κ3) is 3.71. The van der Waals surface area contributed by atoms with Gasteiger partial charge in [-0.05, 0) is 43.9 Å². The van der Waals surface area contributed by atoms with Crippen LogP contribution < -0.4 is 10.6 Å². The van der Waals surface area contributed by atoms with E-state index in [0.29, 0.717) is 5.69 Å². The van der Waals surface area contributed by atoms with Gasteiger partial charge in [-0.1, -0.05) is 12.1 Å². The molecule has 0 bridgehead atoms. The fraction of sp³-hybridized carbons (Fsp3) is 0.533. The van der Waals surface area contributed by atoms with Crippen LogP contribution in [0.1, 0.15) is 37.9 Å². The van der Waals surface area contributed by atoms with Crippen LogP contribution in [0.4, 0.5) is 10.5 Å². The number of nitrogens with one attached hydrogen (secondary N) is 2. The van der Waals surface area contributed by atoms with Gasteiger partial charge in [0.1, 0.15) is 0 Å². The second-order valence-electron chi connectivity index (χ2n) is 5.21. The van der Waals surface area contributed by atoms with Crippen LogP contribution in [0.3, 0.4) is 0 Å². The number of anilines is 1. The van der Waals surface area contributed by atoms with Gasteiger partial charge in [0, 0.05) is 12.8 Å². The molecule has 3 N–H and O–H groups in total. The Kier molecular flexibility index (Phi) is 4.98. The summed E-state index contributed by atoms with van der Waals surface area (Å²) in [7, 11) is 1.68. The van der Waals surface area contributed by atoms with Crippen LogP contribution in [0.15, 0.2) is 24.3 Å². The zero-order valence-electron chi connectivity index (χ0n) is 11.9. The molecular weight excluding hydrogens is 256 g/mol. The van der Waals surface area contributed by atoms with Crippen molar-refractivity contribution >= 4 is 11.7 Å². The van der Waals surface area contributed by atoms with Crippen molar-refractivity contribution in [2.45, 2.75) is 44.4 Å². The lowest BCUT2D eigenvalue weighted by atomic mass is 10.1. The summed E-state index contributed by atoms with van der Waals surface area (Å²) < 4.78 is 5.35. The molecule has 2 amide bonds. The van der Waals surface area contributed by atoms with Gasteiger partial charge in [0.2, 0.25) is 0 Å². The summed E-state index contributed by atoms with van der Waals surface area (Å²) in [6.45, 7) is 1.71. The molecule has 1 aromatic rings. The molecule has 0 radical (unpaired) electrons. The first-order valence-corrected chi connectivity index (χ1v) is 6.98. The summed E-state index contributed by atoms with van der Waals surface area (Å²) >= 11 is 0. The van der Waals surface area contributed by atoms with Crippen molar-refractivity contribution in [2.75, 3.05) is 12.4 Å². The fourth-order valence-electron chi connectivity index (χ4n) is 2.55. The van der Waals surface area contributed by atoms with Crippen molar-refractivity contribution in [2.24, 2.45) is 0 Å². The summed E-state index contributed by atoms with van der Waals surface area (Å²) in [6, 6.07) is 7.02. The Hall–Kier alpha value is -1.59. The molecule has 0 aromatic heterocycles.